The molecule has 1 fully saturated rings. The number of ketones is 1. The van der Waals surface area contributed by atoms with E-state index in [0.29, 0.717) is 53.3 Å². The Morgan fingerprint density at radius 3 is 2.68 bits per heavy atom. The highest BCUT2D eigenvalue weighted by Gasteiger charge is 2.48. The quantitative estimate of drug-likeness (QED) is 0.117. The summed E-state index contributed by atoms with van der Waals surface area (Å²) in [6, 6.07) is 15.4. The smallest absolute Gasteiger partial charge is 0.301 e. The van der Waals surface area contributed by atoms with E-state index in [4.69, 9.17) is 19.2 Å². The number of aryl methyl sites for hydroxylation is 2. The lowest BCUT2D eigenvalue weighted by Gasteiger charge is -2.24. The number of ether oxygens (including phenoxy) is 3. The third-order valence-electron chi connectivity index (χ3n) is 7.23. The van der Waals surface area contributed by atoms with Gasteiger partial charge in [-0.05, 0) is 73.4 Å². The second-order valence-corrected chi connectivity index (χ2v) is 11.2. The summed E-state index contributed by atoms with van der Waals surface area (Å²) in [4.78, 5) is 33.6. The molecule has 1 atom stereocenters. The monoisotopic (exact) mass is 570 g/mol. The normalized spacial score (nSPS) is 17.8. The lowest BCUT2D eigenvalue weighted by Crippen LogP contribution is -2.29. The van der Waals surface area contributed by atoms with Gasteiger partial charge in [0.25, 0.3) is 5.78 Å². The first-order chi connectivity index (χ1) is 19.9. The number of benzene rings is 3. The predicted octanol–water partition coefficient (Wildman–Crippen LogP) is 6.49. The zero-order valence-electron chi connectivity index (χ0n) is 23.1. The van der Waals surface area contributed by atoms with Crippen molar-refractivity contribution in [3.63, 3.8) is 0 Å². The molecule has 6 rings (SSSR count). The molecule has 4 aromatic rings. The topological polar surface area (TPSA) is 98.2 Å². The fourth-order valence-electron chi connectivity index (χ4n) is 5.26. The Labute approximate surface area is 241 Å². The Morgan fingerprint density at radius 1 is 1.07 bits per heavy atom. The number of carbonyl (C=O) groups is 2. The molecule has 3 heterocycles. The van der Waals surface area contributed by atoms with Crippen molar-refractivity contribution in [3.05, 3.63) is 82.4 Å². The van der Waals surface area contributed by atoms with Gasteiger partial charge in [-0.15, -0.1) is 0 Å². The molecule has 0 aliphatic carbocycles. The van der Waals surface area contributed by atoms with Crippen LogP contribution in [0.15, 0.2) is 60.2 Å². The summed E-state index contributed by atoms with van der Waals surface area (Å²) in [5.41, 5.74) is 3.80. The number of amides is 1. The van der Waals surface area contributed by atoms with Gasteiger partial charge in [0.1, 0.15) is 24.7 Å². The third kappa shape index (κ3) is 4.91. The van der Waals surface area contributed by atoms with Crippen LogP contribution in [0.2, 0.25) is 0 Å². The average molecular weight is 571 g/mol. The minimum absolute atomic E-state index is 0.0236. The lowest BCUT2D eigenvalue weighted by atomic mass is 9.95. The largest absolute Gasteiger partial charge is 0.507 e. The second kappa shape index (κ2) is 10.9. The molecule has 3 aromatic carbocycles. The first-order valence-electron chi connectivity index (χ1n) is 13.7. The molecule has 1 aromatic heterocycles. The molecule has 1 amide bonds. The summed E-state index contributed by atoms with van der Waals surface area (Å²) >= 11 is 1.35. The molecule has 1 saturated heterocycles. The van der Waals surface area contributed by atoms with E-state index in [-0.39, 0.29) is 11.3 Å². The average Bonchev–Trinajstić information content (AvgIpc) is 3.51. The van der Waals surface area contributed by atoms with E-state index >= 15 is 0 Å². The molecule has 0 saturated carbocycles. The fourth-order valence-corrected chi connectivity index (χ4v) is 6.43. The Balaban J connectivity index is 1.51. The second-order valence-electron chi connectivity index (χ2n) is 10.2. The number of aliphatic hydroxyl groups excluding tert-OH is 1. The summed E-state index contributed by atoms with van der Waals surface area (Å²) in [6.45, 7) is 7.43. The molecule has 2 aliphatic heterocycles. The SMILES string of the molecule is CCCCOc1cccc([C@H]2C(=C(O)c3ccc4c(c3)OCCO4)C(=O)C(=O)N2c2nc3c(C)cc(C)cc3s2)c1. The van der Waals surface area contributed by atoms with Crippen LogP contribution in [0.4, 0.5) is 5.13 Å². The van der Waals surface area contributed by atoms with Crippen LogP contribution in [-0.4, -0.2) is 41.6 Å². The Bertz CT molecular complexity index is 1710. The highest BCUT2D eigenvalue weighted by atomic mass is 32.1. The zero-order valence-corrected chi connectivity index (χ0v) is 23.9. The van der Waals surface area contributed by atoms with E-state index in [9.17, 15) is 14.7 Å². The number of thiazole rings is 1. The van der Waals surface area contributed by atoms with Gasteiger partial charge in [-0.3, -0.25) is 14.5 Å². The molecular formula is C32H30N2O6S. The van der Waals surface area contributed by atoms with E-state index < -0.39 is 17.7 Å². The highest BCUT2D eigenvalue weighted by Crippen LogP contribution is 2.46. The first-order valence-corrected chi connectivity index (χ1v) is 14.5. The molecule has 41 heavy (non-hydrogen) atoms. The Morgan fingerprint density at radius 2 is 1.88 bits per heavy atom. The van der Waals surface area contributed by atoms with Crippen molar-refractivity contribution in [3.8, 4) is 17.2 Å². The van der Waals surface area contributed by atoms with Crippen LogP contribution in [0, 0.1) is 13.8 Å². The zero-order chi connectivity index (χ0) is 28.7. The maximum atomic E-state index is 13.7. The number of aliphatic hydroxyl groups is 1. The summed E-state index contributed by atoms with van der Waals surface area (Å²) in [6.07, 6.45) is 1.89. The fraction of sp³-hybridized carbons (Fsp3) is 0.281. The summed E-state index contributed by atoms with van der Waals surface area (Å²) < 4.78 is 18.2. The van der Waals surface area contributed by atoms with Crippen molar-refractivity contribution in [1.82, 2.24) is 4.98 Å². The molecule has 9 heteroatoms. The third-order valence-corrected chi connectivity index (χ3v) is 8.23. The van der Waals surface area contributed by atoms with Gasteiger partial charge in [-0.1, -0.05) is 42.9 Å². The number of fused-ring (bicyclic) bond motifs is 2. The van der Waals surface area contributed by atoms with Gasteiger partial charge in [0.05, 0.1) is 28.4 Å². The van der Waals surface area contributed by atoms with Gasteiger partial charge >= 0.3 is 5.91 Å². The van der Waals surface area contributed by atoms with E-state index in [0.717, 1.165) is 34.2 Å². The molecule has 0 bridgehead atoms. The van der Waals surface area contributed by atoms with Crippen LogP contribution in [0.3, 0.4) is 0 Å². The molecule has 0 unspecified atom stereocenters. The van der Waals surface area contributed by atoms with Gasteiger partial charge < -0.3 is 19.3 Å². The highest BCUT2D eigenvalue weighted by molar-refractivity contribution is 7.22. The van der Waals surface area contributed by atoms with E-state index in [2.05, 4.69) is 6.92 Å². The van der Waals surface area contributed by atoms with Crippen LogP contribution in [-0.2, 0) is 9.59 Å². The van der Waals surface area contributed by atoms with Crippen LogP contribution in [0.25, 0.3) is 16.0 Å². The van der Waals surface area contributed by atoms with E-state index in [1.54, 1.807) is 18.2 Å². The Hall–Kier alpha value is -4.37. The summed E-state index contributed by atoms with van der Waals surface area (Å²) in [5, 5.41) is 12.0. The van der Waals surface area contributed by atoms with Crippen molar-refractivity contribution in [2.45, 2.75) is 39.7 Å². The van der Waals surface area contributed by atoms with Crippen LogP contribution in [0.5, 0.6) is 17.2 Å². The molecule has 1 N–H and O–H groups in total. The number of nitrogens with zero attached hydrogens (tertiary/aromatic N) is 2. The number of hydrogen-bond donors (Lipinski definition) is 1. The molecule has 210 valence electrons. The number of Topliss-reactive ketones (excluding diaryl/α,β-unsaturated/α-hetero) is 1. The number of carbonyl (C=O) groups excluding carboxylic acids is 2. The van der Waals surface area contributed by atoms with Crippen molar-refractivity contribution in [1.29, 1.82) is 0 Å². The minimum atomic E-state index is -0.917. The van der Waals surface area contributed by atoms with Crippen LogP contribution in [0.1, 0.15) is 48.1 Å². The van der Waals surface area contributed by atoms with Crippen molar-refractivity contribution < 1.29 is 28.9 Å². The van der Waals surface area contributed by atoms with E-state index in [1.807, 2.05) is 50.2 Å². The van der Waals surface area contributed by atoms with Gasteiger partial charge in [0.15, 0.2) is 16.6 Å². The van der Waals surface area contributed by atoms with Crippen LogP contribution < -0.4 is 19.1 Å². The number of hydrogen-bond acceptors (Lipinski definition) is 8. The molecule has 0 spiro atoms. The molecule has 8 nitrogen and oxygen atoms in total. The minimum Gasteiger partial charge on any atom is -0.507 e. The van der Waals surface area contributed by atoms with Gasteiger partial charge in [-0.25, -0.2) is 4.98 Å². The van der Waals surface area contributed by atoms with Gasteiger partial charge in [0.2, 0.25) is 0 Å². The predicted molar refractivity (Wildman–Crippen MR) is 158 cm³/mol. The number of aromatic nitrogens is 1. The maximum absolute atomic E-state index is 13.7. The molecule has 2 aliphatic rings. The van der Waals surface area contributed by atoms with Crippen molar-refractivity contribution in [2.75, 3.05) is 24.7 Å². The first kappa shape index (κ1) is 26.8. The molecule has 0 radical (unpaired) electrons. The van der Waals surface area contributed by atoms with Gasteiger partial charge in [-0.2, -0.15) is 0 Å². The maximum Gasteiger partial charge on any atom is 0.301 e. The van der Waals surface area contributed by atoms with E-state index in [1.165, 1.54) is 16.2 Å². The lowest BCUT2D eigenvalue weighted by molar-refractivity contribution is -0.132. The summed E-state index contributed by atoms with van der Waals surface area (Å²) in [7, 11) is 0. The molecular weight excluding hydrogens is 540 g/mol. The summed E-state index contributed by atoms with van der Waals surface area (Å²) in [5.74, 6) is -0.183. The number of rotatable bonds is 7. The standard InChI is InChI=1S/C32H30N2O6S/c1-4-5-11-38-22-8-6-7-20(16-22)28-26(29(35)21-9-10-23-24(17-21)40-13-12-39-23)30(36)31(37)34(28)32-33-27-19(3)14-18(2)15-25(27)41-32/h6-10,14-17,28,35H,4-5,11-13H2,1-3H3/t28-/m0/s1. The number of unbranched alkanes of at least 4 members (excludes halogenated alkanes) is 1. The van der Waals surface area contributed by atoms with Crippen molar-refractivity contribution >= 4 is 44.1 Å². The van der Waals surface area contributed by atoms with Gasteiger partial charge in [0, 0.05) is 5.56 Å². The number of anilines is 1. The van der Waals surface area contributed by atoms with Crippen LogP contribution >= 0.6 is 11.3 Å². The van der Waals surface area contributed by atoms with Crippen molar-refractivity contribution in [2.24, 2.45) is 0 Å². The Kier molecular flexibility index (Phi) is 7.13.